The van der Waals surface area contributed by atoms with Crippen LogP contribution in [0.5, 0.6) is 0 Å². The number of carbonyl (C=O) groups is 2. The van der Waals surface area contributed by atoms with E-state index in [0.29, 0.717) is 5.56 Å². The van der Waals surface area contributed by atoms with Gasteiger partial charge in [0.2, 0.25) is 0 Å². The summed E-state index contributed by atoms with van der Waals surface area (Å²) in [7, 11) is 0. The van der Waals surface area contributed by atoms with E-state index in [9.17, 15) is 19.7 Å². The SMILES string of the molecule is CCC[C@H](C)NC(=O)COC(=O)c1ccc(C)c([N+](=O)[O-])c1. The predicted molar refractivity (Wildman–Crippen MR) is 80.6 cm³/mol. The minimum Gasteiger partial charge on any atom is -0.452 e. The summed E-state index contributed by atoms with van der Waals surface area (Å²) < 4.78 is 4.87. The Hall–Kier alpha value is -2.44. The highest BCUT2D eigenvalue weighted by atomic mass is 16.6. The first-order valence-corrected chi connectivity index (χ1v) is 7.06. The second kappa shape index (κ2) is 8.11. The number of amides is 1. The zero-order valence-electron chi connectivity index (χ0n) is 12.9. The molecule has 0 aliphatic heterocycles. The second-order valence-electron chi connectivity index (χ2n) is 5.09. The fourth-order valence-electron chi connectivity index (χ4n) is 1.97. The van der Waals surface area contributed by atoms with E-state index in [-0.39, 0.29) is 17.3 Å². The van der Waals surface area contributed by atoms with Crippen LogP contribution in [0.3, 0.4) is 0 Å². The van der Waals surface area contributed by atoms with Crippen LogP contribution in [0.15, 0.2) is 18.2 Å². The van der Waals surface area contributed by atoms with Crippen molar-refractivity contribution in [3.63, 3.8) is 0 Å². The number of carbonyl (C=O) groups excluding carboxylic acids is 2. The van der Waals surface area contributed by atoms with E-state index in [2.05, 4.69) is 5.32 Å². The van der Waals surface area contributed by atoms with Crippen molar-refractivity contribution in [3.05, 3.63) is 39.4 Å². The van der Waals surface area contributed by atoms with Gasteiger partial charge in [-0.05, 0) is 26.3 Å². The Bertz CT molecular complexity index is 571. The summed E-state index contributed by atoms with van der Waals surface area (Å²) in [5.41, 5.74) is 0.342. The molecule has 1 atom stereocenters. The van der Waals surface area contributed by atoms with Crippen molar-refractivity contribution in [1.82, 2.24) is 5.32 Å². The van der Waals surface area contributed by atoms with E-state index in [1.54, 1.807) is 6.92 Å². The fraction of sp³-hybridized carbons (Fsp3) is 0.467. The van der Waals surface area contributed by atoms with Crippen LogP contribution < -0.4 is 5.32 Å². The first kappa shape index (κ1) is 17.6. The second-order valence-corrected chi connectivity index (χ2v) is 5.09. The normalized spacial score (nSPS) is 11.6. The van der Waals surface area contributed by atoms with Gasteiger partial charge in [0, 0.05) is 17.7 Å². The van der Waals surface area contributed by atoms with E-state index in [0.717, 1.165) is 18.9 Å². The number of nitro benzene ring substituents is 1. The monoisotopic (exact) mass is 308 g/mol. The lowest BCUT2D eigenvalue weighted by Gasteiger charge is -2.12. The highest BCUT2D eigenvalue weighted by Gasteiger charge is 2.17. The number of nitrogens with zero attached hydrogens (tertiary/aromatic N) is 1. The molecule has 0 aromatic heterocycles. The van der Waals surface area contributed by atoms with Crippen LogP contribution in [0, 0.1) is 17.0 Å². The van der Waals surface area contributed by atoms with Crippen LogP contribution in [0.25, 0.3) is 0 Å². The van der Waals surface area contributed by atoms with Gasteiger partial charge in [0.05, 0.1) is 10.5 Å². The summed E-state index contributed by atoms with van der Waals surface area (Å²) in [6, 6.07) is 4.06. The molecule has 0 heterocycles. The number of nitrogens with one attached hydrogen (secondary N) is 1. The Balaban J connectivity index is 2.61. The molecule has 1 N–H and O–H groups in total. The Morgan fingerprint density at radius 3 is 2.68 bits per heavy atom. The van der Waals surface area contributed by atoms with Gasteiger partial charge in [0.15, 0.2) is 6.61 Å². The third-order valence-electron chi connectivity index (χ3n) is 3.10. The van der Waals surface area contributed by atoms with Crippen molar-refractivity contribution < 1.29 is 19.2 Å². The molecular weight excluding hydrogens is 288 g/mol. The van der Waals surface area contributed by atoms with Crippen LogP contribution in [0.1, 0.15) is 42.6 Å². The van der Waals surface area contributed by atoms with Crippen LogP contribution in [-0.2, 0) is 9.53 Å². The lowest BCUT2D eigenvalue weighted by atomic mass is 10.1. The number of benzene rings is 1. The van der Waals surface area contributed by atoms with Crippen LogP contribution >= 0.6 is 0 Å². The number of ether oxygens (including phenoxy) is 1. The summed E-state index contributed by atoms with van der Waals surface area (Å²) in [5.74, 6) is -1.16. The lowest BCUT2D eigenvalue weighted by Crippen LogP contribution is -2.35. The van der Waals surface area contributed by atoms with Gasteiger partial charge in [0.25, 0.3) is 11.6 Å². The van der Waals surface area contributed by atoms with E-state index in [1.807, 2.05) is 13.8 Å². The Labute approximate surface area is 128 Å². The zero-order valence-corrected chi connectivity index (χ0v) is 12.9. The molecule has 7 nitrogen and oxygen atoms in total. The summed E-state index contributed by atoms with van der Waals surface area (Å²) in [5, 5.41) is 13.5. The first-order chi connectivity index (χ1) is 10.3. The highest BCUT2D eigenvalue weighted by molar-refractivity contribution is 5.92. The van der Waals surface area contributed by atoms with Crippen LogP contribution in [-0.4, -0.2) is 29.4 Å². The number of esters is 1. The summed E-state index contributed by atoms with van der Waals surface area (Å²) in [4.78, 5) is 33.7. The van der Waals surface area contributed by atoms with E-state index in [4.69, 9.17) is 4.74 Å². The standard InChI is InChI=1S/C15H20N2O5/c1-4-5-11(3)16-14(18)9-22-15(19)12-7-6-10(2)13(8-12)17(20)21/h6-8,11H,4-5,9H2,1-3H3,(H,16,18)/t11-/m0/s1. The Morgan fingerprint density at radius 2 is 2.09 bits per heavy atom. The molecule has 0 spiro atoms. The summed E-state index contributed by atoms with van der Waals surface area (Å²) >= 11 is 0. The fourth-order valence-corrected chi connectivity index (χ4v) is 1.97. The molecule has 1 amide bonds. The van der Waals surface area contributed by atoms with Gasteiger partial charge in [-0.15, -0.1) is 0 Å². The molecule has 0 saturated heterocycles. The molecule has 0 radical (unpaired) electrons. The highest BCUT2D eigenvalue weighted by Crippen LogP contribution is 2.19. The summed E-state index contributed by atoms with van der Waals surface area (Å²) in [6.07, 6.45) is 1.78. The smallest absolute Gasteiger partial charge is 0.338 e. The van der Waals surface area contributed by atoms with Crippen molar-refractivity contribution in [3.8, 4) is 0 Å². The molecule has 1 aromatic rings. The van der Waals surface area contributed by atoms with Crippen molar-refractivity contribution in [2.24, 2.45) is 0 Å². The molecule has 0 fully saturated rings. The molecule has 1 rings (SSSR count). The average Bonchev–Trinajstić information content (AvgIpc) is 2.45. The number of aryl methyl sites for hydroxylation is 1. The van der Waals surface area contributed by atoms with Crippen LogP contribution in [0.4, 0.5) is 5.69 Å². The van der Waals surface area contributed by atoms with Crippen molar-refractivity contribution in [1.29, 1.82) is 0 Å². The number of rotatable bonds is 7. The van der Waals surface area contributed by atoms with E-state index >= 15 is 0 Å². The molecule has 22 heavy (non-hydrogen) atoms. The first-order valence-electron chi connectivity index (χ1n) is 7.06. The van der Waals surface area contributed by atoms with Crippen molar-refractivity contribution in [2.45, 2.75) is 39.7 Å². The van der Waals surface area contributed by atoms with Crippen molar-refractivity contribution in [2.75, 3.05) is 6.61 Å². The van der Waals surface area contributed by atoms with Gasteiger partial charge in [-0.1, -0.05) is 19.4 Å². The molecule has 0 bridgehead atoms. The number of hydrogen-bond acceptors (Lipinski definition) is 5. The van der Waals surface area contributed by atoms with Gasteiger partial charge >= 0.3 is 5.97 Å². The molecule has 0 unspecified atom stereocenters. The molecular formula is C15H20N2O5. The zero-order chi connectivity index (χ0) is 16.7. The minimum atomic E-state index is -0.763. The van der Waals surface area contributed by atoms with Gasteiger partial charge in [-0.25, -0.2) is 4.79 Å². The van der Waals surface area contributed by atoms with E-state index < -0.39 is 23.4 Å². The predicted octanol–water partition coefficient (Wildman–Crippen LogP) is 2.36. The quantitative estimate of drug-likeness (QED) is 0.473. The maximum atomic E-state index is 11.8. The third kappa shape index (κ3) is 5.16. The maximum absolute atomic E-state index is 11.8. The lowest BCUT2D eigenvalue weighted by molar-refractivity contribution is -0.385. The summed E-state index contributed by atoms with van der Waals surface area (Å²) in [6.45, 7) is 5.05. The largest absolute Gasteiger partial charge is 0.452 e. The molecule has 7 heteroatoms. The maximum Gasteiger partial charge on any atom is 0.338 e. The molecule has 120 valence electrons. The molecule has 0 aliphatic carbocycles. The van der Waals surface area contributed by atoms with E-state index in [1.165, 1.54) is 12.1 Å². The third-order valence-corrected chi connectivity index (χ3v) is 3.10. The topological polar surface area (TPSA) is 98.5 Å². The van der Waals surface area contributed by atoms with Gasteiger partial charge in [-0.3, -0.25) is 14.9 Å². The Kier molecular flexibility index (Phi) is 6.49. The number of nitro groups is 1. The Morgan fingerprint density at radius 1 is 1.41 bits per heavy atom. The van der Waals surface area contributed by atoms with Gasteiger partial charge < -0.3 is 10.1 Å². The average molecular weight is 308 g/mol. The van der Waals surface area contributed by atoms with Crippen LogP contribution in [0.2, 0.25) is 0 Å². The van der Waals surface area contributed by atoms with Gasteiger partial charge in [0.1, 0.15) is 0 Å². The molecule has 0 aliphatic rings. The van der Waals surface area contributed by atoms with Crippen molar-refractivity contribution >= 4 is 17.6 Å². The minimum absolute atomic E-state index is 0.0108. The van der Waals surface area contributed by atoms with Gasteiger partial charge in [-0.2, -0.15) is 0 Å². The molecule has 0 saturated carbocycles. The molecule has 1 aromatic carbocycles. The number of hydrogen-bond donors (Lipinski definition) is 1.